The van der Waals surface area contributed by atoms with Crippen molar-refractivity contribution in [1.82, 2.24) is 15.6 Å². The highest BCUT2D eigenvalue weighted by molar-refractivity contribution is 7.14. The van der Waals surface area contributed by atoms with Gasteiger partial charge >= 0.3 is 0 Å². The van der Waals surface area contributed by atoms with Gasteiger partial charge in [-0.15, -0.1) is 11.3 Å². The number of H-pyrrole nitrogens is 1. The van der Waals surface area contributed by atoms with Gasteiger partial charge in [0, 0.05) is 49.8 Å². The van der Waals surface area contributed by atoms with Crippen molar-refractivity contribution in [2.75, 3.05) is 31.6 Å². The molecule has 3 aromatic rings. The van der Waals surface area contributed by atoms with Crippen molar-refractivity contribution in [2.45, 2.75) is 32.2 Å². The molecule has 2 aromatic heterocycles. The van der Waals surface area contributed by atoms with E-state index in [1.54, 1.807) is 0 Å². The van der Waals surface area contributed by atoms with Gasteiger partial charge in [-0.2, -0.15) is 0 Å². The number of aromatic amines is 1. The summed E-state index contributed by atoms with van der Waals surface area (Å²) >= 11 is 1.83. The molecule has 0 radical (unpaired) electrons. The van der Waals surface area contributed by atoms with Crippen LogP contribution in [0.3, 0.4) is 0 Å². The minimum Gasteiger partial charge on any atom is -0.363 e. The van der Waals surface area contributed by atoms with Crippen LogP contribution in [0.4, 0.5) is 5.00 Å². The van der Waals surface area contributed by atoms with Gasteiger partial charge in [-0.1, -0.05) is 12.1 Å². The summed E-state index contributed by atoms with van der Waals surface area (Å²) in [6, 6.07) is 11.4. The zero-order valence-electron chi connectivity index (χ0n) is 16.7. The zero-order valence-corrected chi connectivity index (χ0v) is 17.5. The van der Waals surface area contributed by atoms with Crippen LogP contribution >= 0.6 is 11.3 Å². The van der Waals surface area contributed by atoms with Gasteiger partial charge in [0.15, 0.2) is 5.96 Å². The Morgan fingerprint density at radius 1 is 1.29 bits per heavy atom. The zero-order chi connectivity index (χ0) is 19.3. The normalized spacial score (nSPS) is 15.9. The van der Waals surface area contributed by atoms with E-state index in [1.165, 1.54) is 27.0 Å². The number of aryl methyl sites for hydroxylation is 1. The number of rotatable bonds is 5. The van der Waals surface area contributed by atoms with Crippen molar-refractivity contribution in [2.24, 2.45) is 4.99 Å². The fourth-order valence-electron chi connectivity index (χ4n) is 3.90. The first-order chi connectivity index (χ1) is 13.7. The van der Waals surface area contributed by atoms with E-state index < -0.39 is 0 Å². The van der Waals surface area contributed by atoms with E-state index in [4.69, 9.17) is 0 Å². The molecule has 4 rings (SSSR count). The molecule has 0 aliphatic carbocycles. The molecule has 3 heterocycles. The molecule has 6 heteroatoms. The summed E-state index contributed by atoms with van der Waals surface area (Å²) < 4.78 is 0. The van der Waals surface area contributed by atoms with Crippen LogP contribution in [-0.2, 0) is 6.42 Å². The molecular formula is C22H29N5S. The van der Waals surface area contributed by atoms with Gasteiger partial charge in [-0.25, -0.2) is 0 Å². The highest BCUT2D eigenvalue weighted by atomic mass is 32.1. The third-order valence-corrected chi connectivity index (χ3v) is 6.42. The second kappa shape index (κ2) is 8.69. The highest BCUT2D eigenvalue weighted by Gasteiger charge is 2.20. The van der Waals surface area contributed by atoms with Gasteiger partial charge in [-0.3, -0.25) is 4.99 Å². The number of piperidine rings is 1. The molecule has 1 fully saturated rings. The number of hydrogen-bond donors (Lipinski definition) is 3. The van der Waals surface area contributed by atoms with Crippen LogP contribution in [0.15, 0.2) is 46.9 Å². The second-order valence-electron chi connectivity index (χ2n) is 7.47. The summed E-state index contributed by atoms with van der Waals surface area (Å²) in [5.74, 6) is 0.908. The van der Waals surface area contributed by atoms with Crippen LogP contribution in [0.2, 0.25) is 0 Å². The van der Waals surface area contributed by atoms with Crippen LogP contribution in [0, 0.1) is 6.92 Å². The van der Waals surface area contributed by atoms with Gasteiger partial charge < -0.3 is 20.5 Å². The molecule has 0 amide bonds. The average molecular weight is 396 g/mol. The van der Waals surface area contributed by atoms with E-state index in [-0.39, 0.29) is 0 Å². The number of aromatic nitrogens is 1. The molecule has 1 aliphatic heterocycles. The van der Waals surface area contributed by atoms with E-state index in [9.17, 15) is 0 Å². The molecule has 0 atom stereocenters. The number of benzene rings is 1. The number of thiophene rings is 1. The Kier molecular flexibility index (Phi) is 5.86. The van der Waals surface area contributed by atoms with Gasteiger partial charge in [0.1, 0.15) is 0 Å². The lowest BCUT2D eigenvalue weighted by atomic mass is 10.1. The first kappa shape index (κ1) is 18.9. The molecule has 28 heavy (non-hydrogen) atoms. The Morgan fingerprint density at radius 3 is 2.89 bits per heavy atom. The van der Waals surface area contributed by atoms with E-state index in [1.807, 2.05) is 18.4 Å². The third-order valence-electron chi connectivity index (χ3n) is 5.49. The summed E-state index contributed by atoms with van der Waals surface area (Å²) in [5.41, 5.74) is 3.85. The minimum absolute atomic E-state index is 0.485. The Bertz CT molecular complexity index is 920. The van der Waals surface area contributed by atoms with Gasteiger partial charge in [-0.05, 0) is 60.9 Å². The summed E-state index contributed by atoms with van der Waals surface area (Å²) in [5, 5.41) is 11.9. The molecule has 0 spiro atoms. The molecule has 0 bridgehead atoms. The summed E-state index contributed by atoms with van der Waals surface area (Å²) in [6.45, 7) is 5.20. The molecule has 1 aliphatic rings. The van der Waals surface area contributed by atoms with Crippen molar-refractivity contribution in [3.63, 3.8) is 0 Å². The van der Waals surface area contributed by atoms with Crippen LogP contribution < -0.4 is 15.5 Å². The molecular weight excluding hydrogens is 366 g/mol. The molecule has 3 N–H and O–H groups in total. The number of fused-ring (bicyclic) bond motifs is 1. The molecule has 5 nitrogen and oxygen atoms in total. The van der Waals surface area contributed by atoms with Crippen molar-refractivity contribution in [3.8, 4) is 0 Å². The van der Waals surface area contributed by atoms with Crippen molar-refractivity contribution in [3.05, 3.63) is 53.0 Å². The number of nitrogens with one attached hydrogen (secondary N) is 3. The third kappa shape index (κ3) is 4.33. The lowest BCUT2D eigenvalue weighted by Crippen LogP contribution is -2.49. The van der Waals surface area contributed by atoms with Crippen molar-refractivity contribution >= 4 is 33.2 Å². The van der Waals surface area contributed by atoms with Gasteiger partial charge in [0.25, 0.3) is 0 Å². The SMILES string of the molecule is CN=C(NCCc1c[nH]c2cc(C)ccc12)NC1CCN(c2cccs2)CC1. The number of guanidine groups is 1. The number of nitrogens with zero attached hydrogens (tertiary/aromatic N) is 2. The summed E-state index contributed by atoms with van der Waals surface area (Å²) in [7, 11) is 1.85. The van der Waals surface area contributed by atoms with Crippen LogP contribution in [0.5, 0.6) is 0 Å². The van der Waals surface area contributed by atoms with E-state index in [0.717, 1.165) is 44.9 Å². The maximum atomic E-state index is 4.42. The first-order valence-corrected chi connectivity index (χ1v) is 10.9. The second-order valence-corrected chi connectivity index (χ2v) is 8.40. The molecule has 0 saturated carbocycles. The predicted octanol–water partition coefficient (Wildman–Crippen LogP) is 3.91. The quantitative estimate of drug-likeness (QED) is 0.453. The molecule has 1 saturated heterocycles. The Morgan fingerprint density at radius 2 is 2.14 bits per heavy atom. The monoisotopic (exact) mass is 395 g/mol. The molecule has 148 valence electrons. The Hall–Kier alpha value is -2.47. The van der Waals surface area contributed by atoms with E-state index in [0.29, 0.717) is 6.04 Å². The summed E-state index contributed by atoms with van der Waals surface area (Å²) in [4.78, 5) is 10.3. The number of aliphatic imine (C=N–C) groups is 1. The number of anilines is 1. The van der Waals surface area contributed by atoms with E-state index >= 15 is 0 Å². The van der Waals surface area contributed by atoms with E-state index in [2.05, 4.69) is 74.3 Å². The largest absolute Gasteiger partial charge is 0.363 e. The first-order valence-electron chi connectivity index (χ1n) is 10.0. The lowest BCUT2D eigenvalue weighted by Gasteiger charge is -2.33. The van der Waals surface area contributed by atoms with Gasteiger partial charge in [0.05, 0.1) is 5.00 Å². The number of hydrogen-bond acceptors (Lipinski definition) is 3. The topological polar surface area (TPSA) is 55.5 Å². The smallest absolute Gasteiger partial charge is 0.191 e. The maximum Gasteiger partial charge on any atom is 0.191 e. The highest BCUT2D eigenvalue weighted by Crippen LogP contribution is 2.24. The Labute approximate surface area is 170 Å². The van der Waals surface area contributed by atoms with Crippen LogP contribution in [0.25, 0.3) is 10.9 Å². The van der Waals surface area contributed by atoms with Gasteiger partial charge in [0.2, 0.25) is 0 Å². The van der Waals surface area contributed by atoms with Crippen LogP contribution in [-0.4, -0.2) is 43.7 Å². The summed E-state index contributed by atoms with van der Waals surface area (Å²) in [6.07, 6.45) is 5.38. The maximum absolute atomic E-state index is 4.42. The standard InChI is InChI=1S/C22H29N5S/c1-16-5-6-19-17(15-25-20(19)14-16)7-10-24-22(23-2)26-18-8-11-27(12-9-18)21-4-3-13-28-21/h3-6,13-15,18,25H,7-12H2,1-2H3,(H2,23,24,26). The predicted molar refractivity (Wildman–Crippen MR) is 121 cm³/mol. The fourth-order valence-corrected chi connectivity index (χ4v) is 4.69. The molecule has 0 unspecified atom stereocenters. The Balaban J connectivity index is 1.25. The fraction of sp³-hybridized carbons (Fsp3) is 0.409. The van der Waals surface area contributed by atoms with Crippen molar-refractivity contribution < 1.29 is 0 Å². The van der Waals surface area contributed by atoms with Crippen molar-refractivity contribution in [1.29, 1.82) is 0 Å². The minimum atomic E-state index is 0.485. The van der Waals surface area contributed by atoms with Crippen LogP contribution in [0.1, 0.15) is 24.0 Å². The lowest BCUT2D eigenvalue weighted by molar-refractivity contribution is 0.463. The molecule has 1 aromatic carbocycles. The average Bonchev–Trinajstić information content (AvgIpc) is 3.38.